The molecule has 0 saturated carbocycles. The van der Waals surface area contributed by atoms with Crippen LogP contribution < -0.4 is 0 Å². The lowest BCUT2D eigenvalue weighted by Gasteiger charge is -2.42. The number of hydrogen-bond donors (Lipinski definition) is 5. The summed E-state index contributed by atoms with van der Waals surface area (Å²) in [5, 5.41) is 51.3. The maximum absolute atomic E-state index is 11.6. The Kier molecular flexibility index (Phi) is 12.8. The summed E-state index contributed by atoms with van der Waals surface area (Å²) in [7, 11) is 0. The van der Waals surface area contributed by atoms with Gasteiger partial charge in [-0.2, -0.15) is 0 Å². The normalized spacial score (nSPS) is 25.6. The van der Waals surface area contributed by atoms with Crippen molar-refractivity contribution in [2.45, 2.75) is 69.2 Å². The van der Waals surface area contributed by atoms with Gasteiger partial charge in [-0.15, -0.1) is 0 Å². The fourth-order valence-electron chi connectivity index (χ4n) is 3.99. The van der Waals surface area contributed by atoms with Gasteiger partial charge in [-0.25, -0.2) is 0 Å². The molecule has 0 radical (unpaired) electrons. The maximum Gasteiger partial charge on any atom is 0.303 e. The first kappa shape index (κ1) is 31.5. The molecule has 1 aliphatic rings. The van der Waals surface area contributed by atoms with Crippen molar-refractivity contribution in [1.29, 1.82) is 0 Å². The largest absolute Gasteiger partial charge is 0.457 e. The summed E-state index contributed by atoms with van der Waals surface area (Å²) < 4.78 is 22.0. The number of aliphatic imine (C=N–C) groups is 2. The van der Waals surface area contributed by atoms with Crippen molar-refractivity contribution in [3.63, 3.8) is 0 Å². The molecule has 0 aromatic heterocycles. The fourth-order valence-corrected chi connectivity index (χ4v) is 3.99. The van der Waals surface area contributed by atoms with E-state index in [2.05, 4.69) is 9.98 Å². The minimum absolute atomic E-state index is 0.252. The summed E-state index contributed by atoms with van der Waals surface area (Å²) in [5.41, 5.74) is 1.81. The number of carbonyl (C=O) groups excluding carboxylic acids is 1. The van der Waals surface area contributed by atoms with Gasteiger partial charge < -0.3 is 44.5 Å². The third kappa shape index (κ3) is 9.54. The van der Waals surface area contributed by atoms with Crippen LogP contribution >= 0.6 is 0 Å². The zero-order chi connectivity index (χ0) is 28.9. The van der Waals surface area contributed by atoms with E-state index in [1.807, 2.05) is 60.7 Å². The Morgan fingerprint density at radius 2 is 1.52 bits per heavy atom. The standard InChI is InChI=1S/C28H36N2O10/c1-18(33)37-27-25(35)23(17-32)40-28(26(27)36)39-21(14-29-12-19-8-4-2-5-9-19)22(16-31)38-24(34)15-30-13-20-10-6-3-7-11-20/h2-11,14-15,21-28,31-32,34-36H,12-13,16-17H2,1H3/t21-,22+,23+,24-,25-,26+,27-,28+/m0/s1. The van der Waals surface area contributed by atoms with Crippen LogP contribution in [-0.4, -0.2) is 106 Å². The predicted octanol–water partition coefficient (Wildman–Crippen LogP) is -0.0198. The molecule has 2 aromatic rings. The molecule has 0 unspecified atom stereocenters. The molecular weight excluding hydrogens is 524 g/mol. The van der Waals surface area contributed by atoms with Gasteiger partial charge in [0.15, 0.2) is 18.7 Å². The molecule has 12 nitrogen and oxygen atoms in total. The van der Waals surface area contributed by atoms with Crippen molar-refractivity contribution in [2.75, 3.05) is 13.2 Å². The zero-order valence-corrected chi connectivity index (χ0v) is 22.0. The van der Waals surface area contributed by atoms with Crippen LogP contribution in [0.3, 0.4) is 0 Å². The van der Waals surface area contributed by atoms with Crippen molar-refractivity contribution >= 4 is 18.4 Å². The Morgan fingerprint density at radius 3 is 2.05 bits per heavy atom. The van der Waals surface area contributed by atoms with E-state index in [9.17, 15) is 30.3 Å². The predicted molar refractivity (Wildman–Crippen MR) is 143 cm³/mol. The molecular formula is C28H36N2O10. The maximum atomic E-state index is 11.6. The molecule has 8 atom stereocenters. The number of carbonyl (C=O) groups is 1. The molecule has 1 fully saturated rings. The van der Waals surface area contributed by atoms with Crippen molar-refractivity contribution in [3.8, 4) is 0 Å². The number of benzene rings is 2. The fraction of sp³-hybridized carbons (Fsp3) is 0.464. The van der Waals surface area contributed by atoms with Gasteiger partial charge in [0.25, 0.3) is 0 Å². The minimum Gasteiger partial charge on any atom is -0.457 e. The Bertz CT molecular complexity index is 1070. The topological polar surface area (TPSA) is 180 Å². The number of ether oxygens (including phenoxy) is 4. The lowest BCUT2D eigenvalue weighted by atomic mass is 9.99. The molecule has 40 heavy (non-hydrogen) atoms. The second-order valence-electron chi connectivity index (χ2n) is 9.08. The first-order valence-electron chi connectivity index (χ1n) is 12.8. The molecule has 12 heteroatoms. The molecule has 2 aromatic carbocycles. The summed E-state index contributed by atoms with van der Waals surface area (Å²) in [6, 6.07) is 18.7. The smallest absolute Gasteiger partial charge is 0.303 e. The Labute approximate surface area is 232 Å². The number of rotatable bonds is 14. The van der Waals surface area contributed by atoms with Crippen LogP contribution in [0, 0.1) is 0 Å². The van der Waals surface area contributed by atoms with Gasteiger partial charge in [0.2, 0.25) is 0 Å². The lowest BCUT2D eigenvalue weighted by Crippen LogP contribution is -2.61. The average Bonchev–Trinajstić information content (AvgIpc) is 2.95. The summed E-state index contributed by atoms with van der Waals surface area (Å²) in [5.74, 6) is -0.768. The zero-order valence-electron chi connectivity index (χ0n) is 22.0. The molecule has 1 saturated heterocycles. The van der Waals surface area contributed by atoms with Gasteiger partial charge in [-0.3, -0.25) is 14.8 Å². The van der Waals surface area contributed by atoms with Crippen molar-refractivity contribution in [3.05, 3.63) is 71.8 Å². The quantitative estimate of drug-likeness (QED) is 0.120. The number of esters is 1. The van der Waals surface area contributed by atoms with Crippen molar-refractivity contribution < 1.29 is 49.3 Å². The first-order valence-corrected chi connectivity index (χ1v) is 12.8. The summed E-state index contributed by atoms with van der Waals surface area (Å²) in [6.07, 6.45) is -8.84. The minimum atomic E-state index is -1.66. The van der Waals surface area contributed by atoms with E-state index in [1.54, 1.807) is 0 Å². The molecule has 0 amide bonds. The number of hydrogen-bond acceptors (Lipinski definition) is 12. The van der Waals surface area contributed by atoms with Gasteiger partial charge in [-0.1, -0.05) is 60.7 Å². The second-order valence-corrected chi connectivity index (χ2v) is 9.08. The van der Waals surface area contributed by atoms with Crippen molar-refractivity contribution in [2.24, 2.45) is 9.98 Å². The van der Waals surface area contributed by atoms with Gasteiger partial charge in [-0.05, 0) is 11.1 Å². The molecule has 3 rings (SSSR count). The lowest BCUT2D eigenvalue weighted by molar-refractivity contribution is -0.315. The Balaban J connectivity index is 1.76. The van der Waals surface area contributed by atoms with Gasteiger partial charge in [0.05, 0.1) is 32.5 Å². The van der Waals surface area contributed by atoms with Gasteiger partial charge >= 0.3 is 5.97 Å². The van der Waals surface area contributed by atoms with E-state index in [0.29, 0.717) is 6.54 Å². The third-order valence-corrected chi connectivity index (χ3v) is 5.99. The van der Waals surface area contributed by atoms with Crippen molar-refractivity contribution in [1.82, 2.24) is 0 Å². The SMILES string of the molecule is CC(=O)O[C@H]1[C@@H](O)[C@@H](CO)O[C@@H](O[C@@H](C=NCc2ccccc2)[C@@H](CO)O[C@H](O)C=NCc2ccccc2)[C@@H]1O. The number of aliphatic hydroxyl groups excluding tert-OH is 5. The summed E-state index contributed by atoms with van der Waals surface area (Å²) in [6.45, 7) is 0.368. The third-order valence-electron chi connectivity index (χ3n) is 5.99. The van der Waals surface area contributed by atoms with Crippen LogP contribution in [0.25, 0.3) is 0 Å². The van der Waals surface area contributed by atoms with E-state index in [1.165, 1.54) is 12.4 Å². The molecule has 0 bridgehead atoms. The highest BCUT2D eigenvalue weighted by molar-refractivity contribution is 5.66. The highest BCUT2D eigenvalue weighted by Crippen LogP contribution is 2.26. The van der Waals surface area contributed by atoms with Crippen LogP contribution in [0.2, 0.25) is 0 Å². The molecule has 0 aliphatic carbocycles. The molecule has 0 spiro atoms. The van der Waals surface area contributed by atoms with Crippen LogP contribution in [0.4, 0.5) is 0 Å². The van der Waals surface area contributed by atoms with Crippen LogP contribution in [0.5, 0.6) is 0 Å². The first-order chi connectivity index (χ1) is 19.3. The Morgan fingerprint density at radius 1 is 0.950 bits per heavy atom. The van der Waals surface area contributed by atoms with Gasteiger partial charge in [0.1, 0.15) is 30.5 Å². The number of nitrogens with zero attached hydrogens (tertiary/aromatic N) is 2. The summed E-state index contributed by atoms with van der Waals surface area (Å²) >= 11 is 0. The van der Waals surface area contributed by atoms with E-state index in [0.717, 1.165) is 18.1 Å². The molecule has 218 valence electrons. The Hall–Kier alpha value is -3.07. The average molecular weight is 561 g/mol. The highest BCUT2D eigenvalue weighted by atomic mass is 16.7. The highest BCUT2D eigenvalue weighted by Gasteiger charge is 2.48. The van der Waals surface area contributed by atoms with E-state index in [-0.39, 0.29) is 6.54 Å². The molecule has 5 N–H and O–H groups in total. The van der Waals surface area contributed by atoms with Crippen LogP contribution in [0.1, 0.15) is 18.1 Å². The van der Waals surface area contributed by atoms with E-state index < -0.39 is 68.4 Å². The van der Waals surface area contributed by atoms with Gasteiger partial charge in [0, 0.05) is 13.1 Å². The molecule has 1 heterocycles. The van der Waals surface area contributed by atoms with E-state index >= 15 is 0 Å². The van der Waals surface area contributed by atoms with Crippen LogP contribution in [-0.2, 0) is 36.8 Å². The second kappa shape index (κ2) is 16.3. The monoisotopic (exact) mass is 560 g/mol. The molecule has 1 aliphatic heterocycles. The number of aliphatic hydroxyl groups is 5. The van der Waals surface area contributed by atoms with E-state index in [4.69, 9.17) is 18.9 Å². The van der Waals surface area contributed by atoms with Crippen LogP contribution in [0.15, 0.2) is 70.6 Å². The summed E-state index contributed by atoms with van der Waals surface area (Å²) in [4.78, 5) is 20.1.